The lowest BCUT2D eigenvalue weighted by Gasteiger charge is -2.31. The number of amides is 3. The lowest BCUT2D eigenvalue weighted by atomic mass is 9.82. The fourth-order valence-electron chi connectivity index (χ4n) is 9.00. The molecule has 3 aliphatic rings. The first-order valence-corrected chi connectivity index (χ1v) is 21.6. The van der Waals surface area contributed by atoms with Crippen molar-refractivity contribution in [2.24, 2.45) is 5.92 Å². The van der Waals surface area contributed by atoms with Crippen molar-refractivity contribution < 1.29 is 28.3 Å². The van der Waals surface area contributed by atoms with Crippen LogP contribution in [0.2, 0.25) is 23.7 Å². The fourth-order valence-corrected chi connectivity index (χ4v) is 11.7. The number of ether oxygens (including phenoxy) is 1. The molecular formula is C43H41ClFN3O5Si. The zero-order chi connectivity index (χ0) is 37.9. The molecule has 4 atom stereocenters. The second-order valence-electron chi connectivity index (χ2n) is 15.0. The summed E-state index contributed by atoms with van der Waals surface area (Å²) in [6.07, 6.45) is -1.01. The molecule has 276 valence electrons. The third-order valence-electron chi connectivity index (χ3n) is 11.3. The summed E-state index contributed by atoms with van der Waals surface area (Å²) >= 11 is 6.58. The highest BCUT2D eigenvalue weighted by atomic mass is 35.5. The van der Waals surface area contributed by atoms with Gasteiger partial charge in [0.15, 0.2) is 5.60 Å². The third kappa shape index (κ3) is 5.92. The Labute approximate surface area is 319 Å². The second-order valence-corrected chi connectivity index (χ2v) is 19.3. The molecule has 54 heavy (non-hydrogen) atoms. The van der Waals surface area contributed by atoms with Crippen LogP contribution in [0.1, 0.15) is 40.4 Å². The molecule has 5 aromatic carbocycles. The second kappa shape index (κ2) is 13.8. The molecule has 1 saturated heterocycles. The number of carbonyl (C=O) groups is 3. The van der Waals surface area contributed by atoms with Gasteiger partial charge >= 0.3 is 0 Å². The highest BCUT2D eigenvalue weighted by molar-refractivity contribution is 6.72. The highest BCUT2D eigenvalue weighted by Gasteiger charge is 2.67. The Hall–Kier alpha value is -4.87. The summed E-state index contributed by atoms with van der Waals surface area (Å²) in [7, 11) is -3.55. The zero-order valence-corrected chi connectivity index (χ0v) is 32.1. The van der Waals surface area contributed by atoms with Crippen LogP contribution in [0, 0.1) is 5.92 Å². The van der Waals surface area contributed by atoms with Crippen LogP contribution in [0.3, 0.4) is 0 Å². The van der Waals surface area contributed by atoms with Gasteiger partial charge in [0.2, 0.25) is 14.3 Å². The van der Waals surface area contributed by atoms with Crippen molar-refractivity contribution in [3.63, 3.8) is 0 Å². The zero-order valence-electron chi connectivity index (χ0n) is 30.3. The summed E-state index contributed by atoms with van der Waals surface area (Å²) in [6, 6.07) is 33.9. The molecule has 3 amide bonds. The number of nitrogens with zero attached hydrogens (tertiary/aromatic N) is 3. The SMILES string of the molecule is C[C@@H]1[C@@H]([Si](C)(C)F)[C@H](CC(=O)N(CCO)Cc2ccccc2)O[C@@]12C(=O)N(Cc1ccc(N3C(=O)c4cccc5cccc3c45)cc1)c1ccc(Cl)cc12. The van der Waals surface area contributed by atoms with E-state index >= 15 is 4.11 Å². The minimum atomic E-state index is -3.55. The standard InChI is InChI=1S/C43H41ClFN3O5Si/c1-27-40(54(2,3)45)37(24-38(50)46(21-22-49)25-28-9-5-4-6-10-28)53-43(27)34-23-31(44)17-20-35(34)47(42(43)52)26-29-15-18-32(19-16-29)48-36-14-8-12-30-11-7-13-33(39(30)36)41(48)51/h4-20,23,27,37,40,49H,21-22,24-26H2,1-3H3/t27-,37+,40-,43+/m1/s1. The van der Waals surface area contributed by atoms with E-state index in [1.807, 2.05) is 97.9 Å². The van der Waals surface area contributed by atoms with E-state index in [9.17, 15) is 19.5 Å². The molecule has 11 heteroatoms. The number of hydrogen-bond acceptors (Lipinski definition) is 5. The van der Waals surface area contributed by atoms with Gasteiger partial charge in [-0.3, -0.25) is 19.3 Å². The maximum atomic E-state index is 16.5. The van der Waals surface area contributed by atoms with Gasteiger partial charge in [-0.05, 0) is 72.1 Å². The van der Waals surface area contributed by atoms with Crippen LogP contribution >= 0.6 is 11.6 Å². The lowest BCUT2D eigenvalue weighted by Crippen LogP contribution is -2.45. The summed E-state index contributed by atoms with van der Waals surface area (Å²) in [5, 5.41) is 12.2. The van der Waals surface area contributed by atoms with Crippen molar-refractivity contribution >= 4 is 65.6 Å². The van der Waals surface area contributed by atoms with Gasteiger partial charge in [0.05, 0.1) is 42.6 Å². The molecule has 0 saturated carbocycles. The predicted octanol–water partition coefficient (Wildman–Crippen LogP) is 8.52. The van der Waals surface area contributed by atoms with Crippen molar-refractivity contribution in [2.75, 3.05) is 23.0 Å². The van der Waals surface area contributed by atoms with E-state index in [0.29, 0.717) is 27.5 Å². The van der Waals surface area contributed by atoms with Crippen LogP contribution < -0.4 is 9.80 Å². The number of hydrogen-bond donors (Lipinski definition) is 1. The van der Waals surface area contributed by atoms with Crippen molar-refractivity contribution in [1.29, 1.82) is 0 Å². The Kier molecular flexibility index (Phi) is 9.21. The molecule has 0 unspecified atom stereocenters. The summed E-state index contributed by atoms with van der Waals surface area (Å²) in [5.74, 6) is -1.31. The van der Waals surface area contributed by atoms with Gasteiger partial charge in [-0.1, -0.05) is 85.3 Å². The fraction of sp³-hybridized carbons (Fsp3) is 0.279. The van der Waals surface area contributed by atoms with E-state index in [1.165, 1.54) is 0 Å². The van der Waals surface area contributed by atoms with E-state index in [2.05, 4.69) is 0 Å². The molecule has 1 spiro atoms. The van der Waals surface area contributed by atoms with Crippen LogP contribution in [0.15, 0.2) is 109 Å². The third-order valence-corrected chi connectivity index (χ3v) is 14.0. The normalized spacial score (nSPS) is 21.8. The molecule has 1 fully saturated rings. The van der Waals surface area contributed by atoms with Crippen LogP contribution in [0.5, 0.6) is 0 Å². The van der Waals surface area contributed by atoms with Crippen LogP contribution in [0.25, 0.3) is 10.8 Å². The van der Waals surface area contributed by atoms with Crippen molar-refractivity contribution in [3.8, 4) is 0 Å². The average Bonchev–Trinajstić information content (AvgIpc) is 3.70. The number of carbonyl (C=O) groups excluding carboxylic acids is 3. The summed E-state index contributed by atoms with van der Waals surface area (Å²) in [5.41, 5.74) is 2.87. The first-order chi connectivity index (χ1) is 25.9. The number of fused-ring (bicyclic) bond motifs is 2. The van der Waals surface area contributed by atoms with Crippen LogP contribution in [-0.2, 0) is 33.0 Å². The van der Waals surface area contributed by atoms with Gasteiger partial charge in [-0.2, -0.15) is 0 Å². The Bertz CT molecular complexity index is 2280. The number of aliphatic hydroxyl groups excluding tert-OH is 1. The number of aliphatic hydroxyl groups is 1. The molecule has 3 aliphatic heterocycles. The van der Waals surface area contributed by atoms with Gasteiger partial charge in [0.25, 0.3) is 11.8 Å². The molecule has 0 radical (unpaired) electrons. The minimum absolute atomic E-state index is 0.0918. The molecular weight excluding hydrogens is 721 g/mol. The van der Waals surface area contributed by atoms with Gasteiger partial charge in [0, 0.05) is 46.2 Å². The summed E-state index contributed by atoms with van der Waals surface area (Å²) in [4.78, 5) is 47.3. The van der Waals surface area contributed by atoms with Crippen molar-refractivity contribution in [2.45, 2.75) is 56.8 Å². The number of rotatable bonds is 10. The molecule has 8 rings (SSSR count). The number of anilines is 3. The molecule has 0 aliphatic carbocycles. The lowest BCUT2D eigenvalue weighted by molar-refractivity contribution is -0.150. The summed E-state index contributed by atoms with van der Waals surface area (Å²) in [6.45, 7) is 5.42. The van der Waals surface area contributed by atoms with E-state index in [1.54, 1.807) is 46.0 Å². The van der Waals surface area contributed by atoms with Gasteiger partial charge < -0.3 is 23.8 Å². The minimum Gasteiger partial charge on any atom is -0.395 e. The summed E-state index contributed by atoms with van der Waals surface area (Å²) < 4.78 is 23.3. The Morgan fingerprint density at radius 2 is 1.65 bits per heavy atom. The number of halogens is 2. The van der Waals surface area contributed by atoms with Crippen molar-refractivity contribution in [1.82, 2.24) is 4.90 Å². The first-order valence-electron chi connectivity index (χ1n) is 18.3. The Morgan fingerprint density at radius 3 is 2.35 bits per heavy atom. The highest BCUT2D eigenvalue weighted by Crippen LogP contribution is 2.60. The first kappa shape index (κ1) is 36.1. The van der Waals surface area contributed by atoms with Crippen molar-refractivity contribution in [3.05, 3.63) is 136 Å². The Balaban J connectivity index is 1.09. The molecule has 8 nitrogen and oxygen atoms in total. The Morgan fingerprint density at radius 1 is 0.926 bits per heavy atom. The van der Waals surface area contributed by atoms with Crippen LogP contribution in [0.4, 0.5) is 21.2 Å². The molecule has 1 N–H and O–H groups in total. The van der Waals surface area contributed by atoms with E-state index < -0.39 is 31.6 Å². The molecule has 0 aromatic heterocycles. The van der Waals surface area contributed by atoms with Gasteiger partial charge in [-0.15, -0.1) is 0 Å². The van der Waals surface area contributed by atoms with E-state index in [-0.39, 0.29) is 50.4 Å². The number of benzene rings is 5. The van der Waals surface area contributed by atoms with Gasteiger partial charge in [-0.25, -0.2) is 0 Å². The topological polar surface area (TPSA) is 90.4 Å². The maximum absolute atomic E-state index is 16.5. The maximum Gasteiger partial charge on any atom is 0.264 e. The molecule has 0 bridgehead atoms. The largest absolute Gasteiger partial charge is 0.395 e. The molecule has 3 heterocycles. The van der Waals surface area contributed by atoms with E-state index in [0.717, 1.165) is 27.6 Å². The smallest absolute Gasteiger partial charge is 0.264 e. The predicted molar refractivity (Wildman–Crippen MR) is 211 cm³/mol. The monoisotopic (exact) mass is 761 g/mol. The van der Waals surface area contributed by atoms with Gasteiger partial charge in [0.1, 0.15) is 0 Å². The quantitative estimate of drug-likeness (QED) is 0.114. The van der Waals surface area contributed by atoms with E-state index in [4.69, 9.17) is 16.3 Å². The average molecular weight is 762 g/mol. The van der Waals surface area contributed by atoms with Crippen LogP contribution in [-0.4, -0.2) is 55.4 Å². The molecule has 5 aromatic rings.